The molecule has 1 fully saturated rings. The Morgan fingerprint density at radius 3 is 2.30 bits per heavy atom. The molecule has 0 bridgehead atoms. The summed E-state index contributed by atoms with van der Waals surface area (Å²) in [5, 5.41) is 58.4. The Balaban J connectivity index is 2.48. The van der Waals surface area contributed by atoms with E-state index in [-0.39, 0.29) is 0 Å². The Morgan fingerprint density at radius 2 is 1.80 bits per heavy atom. The topological polar surface area (TPSA) is 160 Å². The Morgan fingerprint density at radius 1 is 1.15 bits per heavy atom. The Hall–Kier alpha value is -0.810. The van der Waals surface area contributed by atoms with E-state index in [1.54, 1.807) is 0 Å². The van der Waals surface area contributed by atoms with E-state index in [1.807, 2.05) is 0 Å². The Kier molecular flexibility index (Phi) is 6.76. The summed E-state index contributed by atoms with van der Waals surface area (Å²) in [5.41, 5.74) is 0. The van der Waals surface area contributed by atoms with Gasteiger partial charge in [0.05, 0.1) is 6.61 Å². The first kappa shape index (κ1) is 17.2. The number of carbonyl (C=O) groups is 1. The molecule has 9 heteroatoms. The van der Waals surface area contributed by atoms with Gasteiger partial charge in [-0.05, 0) is 19.4 Å². The first-order valence-electron chi connectivity index (χ1n) is 6.33. The predicted molar refractivity (Wildman–Crippen MR) is 64.2 cm³/mol. The van der Waals surface area contributed by atoms with E-state index in [0.717, 1.165) is 6.42 Å². The lowest BCUT2D eigenvalue weighted by atomic mass is 10.0. The van der Waals surface area contributed by atoms with Gasteiger partial charge in [0.1, 0.15) is 30.5 Å². The molecule has 118 valence electrons. The number of rotatable bonds is 7. The van der Waals surface area contributed by atoms with Crippen LogP contribution in [0.15, 0.2) is 0 Å². The smallest absolute Gasteiger partial charge is 0.325 e. The zero-order chi connectivity index (χ0) is 15.3. The van der Waals surface area contributed by atoms with Crippen molar-refractivity contribution in [2.75, 3.05) is 13.2 Å². The monoisotopic (exact) mass is 295 g/mol. The molecule has 0 saturated carbocycles. The first-order chi connectivity index (χ1) is 9.38. The maximum atomic E-state index is 11.6. The number of hydrogen-bond acceptors (Lipinski definition) is 9. The van der Waals surface area contributed by atoms with E-state index in [1.165, 1.54) is 0 Å². The van der Waals surface area contributed by atoms with Crippen LogP contribution in [-0.4, -0.2) is 86.5 Å². The standard InChI is InChI=1S/C11H21NO8/c13-4-6(14)7(15)8(16)9(17)11(19)20-10(18)5-2-1-3-12-5/h5-9,11-17,19H,1-4H2/t5-,6+,7+,8-,9-,11?/m0/s1. The lowest BCUT2D eigenvalue weighted by Crippen LogP contribution is -2.51. The highest BCUT2D eigenvalue weighted by molar-refractivity contribution is 5.76. The van der Waals surface area contributed by atoms with Crippen LogP contribution in [0, 0.1) is 0 Å². The van der Waals surface area contributed by atoms with Crippen molar-refractivity contribution in [2.45, 2.75) is 49.6 Å². The van der Waals surface area contributed by atoms with Gasteiger partial charge < -0.3 is 40.7 Å². The third-order valence-electron chi connectivity index (χ3n) is 3.15. The van der Waals surface area contributed by atoms with E-state index in [2.05, 4.69) is 10.1 Å². The average Bonchev–Trinajstić information content (AvgIpc) is 2.98. The molecule has 0 aliphatic carbocycles. The van der Waals surface area contributed by atoms with Crippen molar-refractivity contribution in [1.82, 2.24) is 5.32 Å². The molecule has 9 nitrogen and oxygen atoms in total. The summed E-state index contributed by atoms with van der Waals surface area (Å²) in [6.45, 7) is -0.199. The van der Waals surface area contributed by atoms with Gasteiger partial charge >= 0.3 is 5.97 Å². The fourth-order valence-electron chi connectivity index (χ4n) is 1.86. The first-order valence-corrected chi connectivity index (χ1v) is 6.33. The van der Waals surface area contributed by atoms with Crippen LogP contribution in [-0.2, 0) is 9.53 Å². The highest BCUT2D eigenvalue weighted by Crippen LogP contribution is 2.12. The van der Waals surface area contributed by atoms with Crippen molar-refractivity contribution < 1.29 is 40.2 Å². The molecule has 6 atom stereocenters. The minimum Gasteiger partial charge on any atom is -0.432 e. The van der Waals surface area contributed by atoms with E-state index in [4.69, 9.17) is 10.2 Å². The minimum absolute atomic E-state index is 0.538. The molecule has 1 aliphatic rings. The third kappa shape index (κ3) is 4.35. The van der Waals surface area contributed by atoms with Crippen molar-refractivity contribution in [3.8, 4) is 0 Å². The molecule has 0 amide bonds. The third-order valence-corrected chi connectivity index (χ3v) is 3.15. The van der Waals surface area contributed by atoms with E-state index in [9.17, 15) is 25.2 Å². The zero-order valence-electron chi connectivity index (χ0n) is 10.8. The molecular formula is C11H21NO8. The van der Waals surface area contributed by atoms with Crippen molar-refractivity contribution in [3.63, 3.8) is 0 Å². The van der Waals surface area contributed by atoms with Gasteiger partial charge in [0.25, 0.3) is 0 Å². The maximum Gasteiger partial charge on any atom is 0.325 e. The summed E-state index contributed by atoms with van der Waals surface area (Å²) < 4.78 is 4.57. The van der Waals surface area contributed by atoms with Gasteiger partial charge in [-0.2, -0.15) is 0 Å². The molecule has 7 N–H and O–H groups in total. The largest absolute Gasteiger partial charge is 0.432 e. The molecule has 0 spiro atoms. The van der Waals surface area contributed by atoms with Gasteiger partial charge in [0, 0.05) is 0 Å². The Labute approximate surface area is 115 Å². The zero-order valence-corrected chi connectivity index (χ0v) is 10.8. The second-order valence-electron chi connectivity index (χ2n) is 4.70. The normalized spacial score (nSPS) is 26.6. The summed E-state index contributed by atoms with van der Waals surface area (Å²) in [5.74, 6) is -0.779. The molecule has 1 rings (SSSR count). The molecule has 1 heterocycles. The van der Waals surface area contributed by atoms with Crippen LogP contribution >= 0.6 is 0 Å². The number of aliphatic hydroxyl groups excluding tert-OH is 6. The van der Waals surface area contributed by atoms with Crippen LogP contribution in [0.4, 0.5) is 0 Å². The van der Waals surface area contributed by atoms with Crippen molar-refractivity contribution >= 4 is 5.97 Å². The molecule has 1 saturated heterocycles. The number of nitrogens with one attached hydrogen (secondary N) is 1. The summed E-state index contributed by atoms with van der Waals surface area (Å²) >= 11 is 0. The van der Waals surface area contributed by atoms with Gasteiger partial charge in [-0.15, -0.1) is 0 Å². The van der Waals surface area contributed by atoms with E-state index in [0.29, 0.717) is 13.0 Å². The van der Waals surface area contributed by atoms with Crippen molar-refractivity contribution in [1.29, 1.82) is 0 Å². The predicted octanol–water partition coefficient (Wildman–Crippen LogP) is -3.96. The van der Waals surface area contributed by atoms with Gasteiger partial charge in [-0.1, -0.05) is 0 Å². The molecule has 1 unspecified atom stereocenters. The van der Waals surface area contributed by atoms with Crippen molar-refractivity contribution in [2.24, 2.45) is 0 Å². The number of esters is 1. The van der Waals surface area contributed by atoms with Crippen LogP contribution in [0.3, 0.4) is 0 Å². The van der Waals surface area contributed by atoms with Crippen LogP contribution in [0.1, 0.15) is 12.8 Å². The van der Waals surface area contributed by atoms with Crippen LogP contribution in [0.2, 0.25) is 0 Å². The van der Waals surface area contributed by atoms with Gasteiger partial charge in [-0.25, -0.2) is 0 Å². The lowest BCUT2D eigenvalue weighted by Gasteiger charge is -2.28. The average molecular weight is 295 g/mol. The quantitative estimate of drug-likeness (QED) is 0.184. The van der Waals surface area contributed by atoms with Crippen LogP contribution < -0.4 is 5.32 Å². The number of hydrogen-bond donors (Lipinski definition) is 7. The number of aliphatic hydroxyl groups is 6. The van der Waals surface area contributed by atoms with Crippen LogP contribution in [0.5, 0.6) is 0 Å². The fourth-order valence-corrected chi connectivity index (χ4v) is 1.86. The maximum absolute atomic E-state index is 11.6. The molecule has 1 aliphatic heterocycles. The van der Waals surface area contributed by atoms with Crippen molar-refractivity contribution in [3.05, 3.63) is 0 Å². The highest BCUT2D eigenvalue weighted by atomic mass is 16.6. The SMILES string of the molecule is O=C(OC(O)[C@@H](O)[C@@H](O)[C@H](O)[C@H](O)CO)[C@@H]1CCCN1. The summed E-state index contributed by atoms with van der Waals surface area (Å²) in [6, 6.07) is -0.582. The van der Waals surface area contributed by atoms with E-state index < -0.39 is 49.3 Å². The minimum atomic E-state index is -2.06. The summed E-state index contributed by atoms with van der Waals surface area (Å²) in [6.07, 6.45) is -8.33. The molecule has 0 aromatic carbocycles. The summed E-state index contributed by atoms with van der Waals surface area (Å²) in [4.78, 5) is 11.6. The lowest BCUT2D eigenvalue weighted by molar-refractivity contribution is -0.214. The van der Waals surface area contributed by atoms with Crippen LogP contribution in [0.25, 0.3) is 0 Å². The highest BCUT2D eigenvalue weighted by Gasteiger charge is 2.37. The Bertz CT molecular complexity index is 309. The molecule has 0 aromatic heterocycles. The molecule has 20 heavy (non-hydrogen) atoms. The second-order valence-corrected chi connectivity index (χ2v) is 4.70. The molecule has 0 aromatic rings. The van der Waals surface area contributed by atoms with E-state index >= 15 is 0 Å². The number of ether oxygens (including phenoxy) is 1. The molecule has 0 radical (unpaired) electrons. The summed E-state index contributed by atoms with van der Waals surface area (Å²) in [7, 11) is 0. The van der Waals surface area contributed by atoms with Gasteiger partial charge in [0.15, 0.2) is 0 Å². The van der Waals surface area contributed by atoms with Gasteiger partial charge in [0.2, 0.25) is 6.29 Å². The van der Waals surface area contributed by atoms with Gasteiger partial charge in [-0.3, -0.25) is 4.79 Å². The fraction of sp³-hybridized carbons (Fsp3) is 0.909. The second kappa shape index (κ2) is 7.84. The number of carbonyl (C=O) groups excluding carboxylic acids is 1. The molecular weight excluding hydrogens is 274 g/mol.